The first-order valence-electron chi connectivity index (χ1n) is 8.61. The second kappa shape index (κ2) is 6.75. The lowest BCUT2D eigenvalue weighted by Gasteiger charge is -2.18. The minimum atomic E-state index is -0.536. The quantitative estimate of drug-likeness (QED) is 0.860. The van der Waals surface area contributed by atoms with Crippen LogP contribution < -0.4 is 0 Å². The Morgan fingerprint density at radius 3 is 2.81 bits per heavy atom. The third-order valence-corrected chi connectivity index (χ3v) is 4.82. The van der Waals surface area contributed by atoms with Gasteiger partial charge >= 0.3 is 0 Å². The zero-order chi connectivity index (χ0) is 19.0. The lowest BCUT2D eigenvalue weighted by Crippen LogP contribution is -2.22. The molecule has 0 aliphatic heterocycles. The maximum atomic E-state index is 12.1. The first-order valence-corrected chi connectivity index (χ1v) is 8.61. The summed E-state index contributed by atoms with van der Waals surface area (Å²) in [7, 11) is 1.40. The average Bonchev–Trinajstić information content (AvgIpc) is 2.63. The van der Waals surface area contributed by atoms with Crippen LogP contribution in [0.2, 0.25) is 0 Å². The van der Waals surface area contributed by atoms with E-state index in [1.165, 1.54) is 7.11 Å². The highest BCUT2D eigenvalue weighted by atomic mass is 16.5. The second-order valence-electron chi connectivity index (χ2n) is 6.63. The molecule has 2 aromatic rings. The highest BCUT2D eigenvalue weighted by Gasteiger charge is 2.29. The molecule has 3 rings (SSSR count). The SMILES string of the molecule is CCC(C)/C=C(\C)c1cc2cc3c(c(O)c2cn1)C(=N)C(=O)C(OC)=C3. The fraction of sp³-hybridized carbons (Fsp3) is 0.286. The number of benzene rings is 1. The first kappa shape index (κ1) is 17.9. The number of fused-ring (bicyclic) bond motifs is 2. The standard InChI is InChI=1S/C21H22N2O3/c1-5-11(2)6-12(3)16-8-13-7-14-9-17(26-4)21(25)19(22)18(14)20(24)15(13)10-23-16/h6-11,22,24H,5H2,1-4H3/b12-6+,22-19?. The Hall–Kier alpha value is -2.95. The Bertz CT molecular complexity index is 986. The van der Waals surface area contributed by atoms with Crippen molar-refractivity contribution in [3.63, 3.8) is 0 Å². The predicted molar refractivity (Wildman–Crippen MR) is 103 cm³/mol. The van der Waals surface area contributed by atoms with Gasteiger partial charge in [-0.25, -0.2) is 0 Å². The lowest BCUT2D eigenvalue weighted by molar-refractivity contribution is -0.112. The summed E-state index contributed by atoms with van der Waals surface area (Å²) >= 11 is 0. The number of nitrogens with zero attached hydrogens (tertiary/aromatic N) is 1. The Morgan fingerprint density at radius 2 is 2.15 bits per heavy atom. The number of hydrogen-bond donors (Lipinski definition) is 2. The van der Waals surface area contributed by atoms with Gasteiger partial charge < -0.3 is 9.84 Å². The molecule has 0 radical (unpaired) electrons. The van der Waals surface area contributed by atoms with Crippen molar-refractivity contribution in [1.29, 1.82) is 5.41 Å². The maximum absolute atomic E-state index is 12.1. The number of phenolic OH excluding ortho intramolecular Hbond substituents is 1. The van der Waals surface area contributed by atoms with Gasteiger partial charge in [0.15, 0.2) is 5.76 Å². The molecule has 1 atom stereocenters. The van der Waals surface area contributed by atoms with Crippen LogP contribution in [0, 0.1) is 11.3 Å². The molecule has 0 spiro atoms. The molecule has 5 nitrogen and oxygen atoms in total. The molecule has 134 valence electrons. The topological polar surface area (TPSA) is 83.3 Å². The zero-order valence-electron chi connectivity index (χ0n) is 15.4. The Kier molecular flexibility index (Phi) is 4.64. The first-order chi connectivity index (χ1) is 12.4. The molecule has 1 aromatic heterocycles. The van der Waals surface area contributed by atoms with Crippen molar-refractivity contribution in [2.75, 3.05) is 7.11 Å². The summed E-state index contributed by atoms with van der Waals surface area (Å²) in [5.41, 5.74) is 2.47. The molecule has 0 amide bonds. The van der Waals surface area contributed by atoms with E-state index in [0.29, 0.717) is 16.9 Å². The molecular formula is C21H22N2O3. The largest absolute Gasteiger partial charge is 0.507 e. The maximum Gasteiger partial charge on any atom is 0.245 e. The van der Waals surface area contributed by atoms with Crippen molar-refractivity contribution in [2.24, 2.45) is 5.92 Å². The van der Waals surface area contributed by atoms with Crippen LogP contribution in [0.25, 0.3) is 22.4 Å². The van der Waals surface area contributed by atoms with E-state index < -0.39 is 5.78 Å². The molecule has 0 saturated heterocycles. The van der Waals surface area contributed by atoms with Crippen molar-refractivity contribution in [1.82, 2.24) is 4.98 Å². The normalized spacial score (nSPS) is 15.7. The van der Waals surface area contributed by atoms with E-state index in [9.17, 15) is 9.90 Å². The van der Waals surface area contributed by atoms with Gasteiger partial charge in [-0.3, -0.25) is 15.2 Å². The van der Waals surface area contributed by atoms with E-state index >= 15 is 0 Å². The van der Waals surface area contributed by atoms with Gasteiger partial charge in [0.2, 0.25) is 5.78 Å². The zero-order valence-corrected chi connectivity index (χ0v) is 15.4. The minimum absolute atomic E-state index is 0.0927. The van der Waals surface area contributed by atoms with E-state index in [4.69, 9.17) is 10.1 Å². The number of Topliss-reactive ketones (excluding diaryl/α,β-unsaturated/α-hetero) is 1. The monoisotopic (exact) mass is 350 g/mol. The van der Waals surface area contributed by atoms with E-state index in [0.717, 1.165) is 23.1 Å². The number of allylic oxidation sites excluding steroid dienone is 3. The Morgan fingerprint density at radius 1 is 1.42 bits per heavy atom. The van der Waals surface area contributed by atoms with Gasteiger partial charge in [0.1, 0.15) is 11.5 Å². The summed E-state index contributed by atoms with van der Waals surface area (Å²) < 4.78 is 5.07. The number of pyridine rings is 1. The smallest absolute Gasteiger partial charge is 0.245 e. The van der Waals surface area contributed by atoms with Crippen LogP contribution in [-0.2, 0) is 9.53 Å². The van der Waals surface area contributed by atoms with Crippen LogP contribution in [0.4, 0.5) is 0 Å². The molecule has 0 fully saturated rings. The molecule has 1 aromatic carbocycles. The lowest BCUT2D eigenvalue weighted by atomic mass is 9.89. The number of phenols is 1. The van der Waals surface area contributed by atoms with Gasteiger partial charge in [0, 0.05) is 11.6 Å². The third-order valence-electron chi connectivity index (χ3n) is 4.82. The average molecular weight is 350 g/mol. The molecular weight excluding hydrogens is 328 g/mol. The summed E-state index contributed by atoms with van der Waals surface area (Å²) in [5.74, 6) is -0.0667. The number of ether oxygens (including phenoxy) is 1. The van der Waals surface area contributed by atoms with Crippen LogP contribution in [0.3, 0.4) is 0 Å². The van der Waals surface area contributed by atoms with E-state index in [1.807, 2.05) is 19.1 Å². The van der Waals surface area contributed by atoms with Gasteiger partial charge in [0.25, 0.3) is 0 Å². The van der Waals surface area contributed by atoms with Gasteiger partial charge in [-0.05, 0) is 47.6 Å². The Balaban J connectivity index is 2.20. The summed E-state index contributed by atoms with van der Waals surface area (Å²) in [4.78, 5) is 16.6. The molecule has 0 bridgehead atoms. The number of methoxy groups -OCH3 is 1. The minimum Gasteiger partial charge on any atom is -0.507 e. The number of carbonyl (C=O) groups is 1. The number of ketones is 1. The van der Waals surface area contributed by atoms with Crippen LogP contribution in [0.5, 0.6) is 5.75 Å². The highest BCUT2D eigenvalue weighted by Crippen LogP contribution is 2.36. The van der Waals surface area contributed by atoms with Crippen molar-refractivity contribution in [3.05, 3.63) is 47.0 Å². The molecule has 1 heterocycles. The summed E-state index contributed by atoms with van der Waals surface area (Å²) in [5, 5.41) is 20.0. The molecule has 0 saturated carbocycles. The van der Waals surface area contributed by atoms with Gasteiger partial charge in [-0.15, -0.1) is 0 Å². The predicted octanol–water partition coefficient (Wildman–Crippen LogP) is 4.33. The Labute approximate surface area is 152 Å². The van der Waals surface area contributed by atoms with Gasteiger partial charge in [-0.2, -0.15) is 0 Å². The fourth-order valence-electron chi connectivity index (χ4n) is 3.12. The molecule has 1 aliphatic carbocycles. The van der Waals surface area contributed by atoms with Crippen molar-refractivity contribution in [2.45, 2.75) is 27.2 Å². The molecule has 5 heteroatoms. The highest BCUT2D eigenvalue weighted by molar-refractivity contribution is 6.53. The number of nitrogens with one attached hydrogen (secondary N) is 1. The van der Waals surface area contributed by atoms with Crippen LogP contribution in [-0.4, -0.2) is 28.7 Å². The number of carbonyl (C=O) groups excluding carboxylic acids is 1. The number of aromatic hydroxyl groups is 1. The van der Waals surface area contributed by atoms with E-state index in [2.05, 4.69) is 24.9 Å². The summed E-state index contributed by atoms with van der Waals surface area (Å²) in [6, 6.07) is 3.77. The van der Waals surface area contributed by atoms with Crippen molar-refractivity contribution in [3.8, 4) is 5.75 Å². The number of rotatable bonds is 4. The number of aromatic nitrogens is 1. The van der Waals surface area contributed by atoms with E-state index in [-0.39, 0.29) is 22.8 Å². The van der Waals surface area contributed by atoms with E-state index in [1.54, 1.807) is 12.3 Å². The van der Waals surface area contributed by atoms with Crippen molar-refractivity contribution < 1.29 is 14.6 Å². The van der Waals surface area contributed by atoms with Gasteiger partial charge in [-0.1, -0.05) is 26.3 Å². The molecule has 1 aliphatic rings. The van der Waals surface area contributed by atoms with Gasteiger partial charge in [0.05, 0.1) is 18.4 Å². The summed E-state index contributed by atoms with van der Waals surface area (Å²) in [6.45, 7) is 6.32. The molecule has 26 heavy (non-hydrogen) atoms. The second-order valence-corrected chi connectivity index (χ2v) is 6.63. The fourth-order valence-corrected chi connectivity index (χ4v) is 3.12. The van der Waals surface area contributed by atoms with Crippen molar-refractivity contribution >= 4 is 33.9 Å². The number of hydrogen-bond acceptors (Lipinski definition) is 5. The summed E-state index contributed by atoms with van der Waals surface area (Å²) in [6.07, 6.45) is 6.40. The molecule has 1 unspecified atom stereocenters. The van der Waals surface area contributed by atoms with Crippen LogP contribution >= 0.6 is 0 Å². The van der Waals surface area contributed by atoms with Crippen LogP contribution in [0.15, 0.2) is 30.2 Å². The van der Waals surface area contributed by atoms with Crippen LogP contribution in [0.1, 0.15) is 44.0 Å². The third kappa shape index (κ3) is 2.90. The molecule has 2 N–H and O–H groups in total.